The number of ether oxygens (including phenoxy) is 1. The number of hydrogen-bond donors (Lipinski definition) is 3. The highest BCUT2D eigenvalue weighted by Gasteiger charge is 2.36. The molecule has 0 bridgehead atoms. The molecule has 1 aliphatic carbocycles. The highest BCUT2D eigenvalue weighted by atomic mass is 19.4. The molecule has 1 saturated heterocycles. The molecular weight excluding hydrogens is 365 g/mol. The van der Waals surface area contributed by atoms with Gasteiger partial charge in [0.25, 0.3) is 5.91 Å². The summed E-state index contributed by atoms with van der Waals surface area (Å²) < 4.78 is 45.6. The molecule has 1 aliphatic heterocycles. The minimum Gasteiger partial charge on any atom is -0.370 e. The Balaban J connectivity index is 1.83. The third kappa shape index (κ3) is 4.76. The standard InChI is InChI=1S/C17H21F3N4O3/c18-17(19,20)12-7-11(24-5-6-27-9-15(24)25)3-4-13(12)23-16(26)14(8-21)22-10-1-2-10/h3-4,7,10,14,22H,1-2,5-6,8-9,21H2,(H,23,26)/t14-/m0/s1. The van der Waals surface area contributed by atoms with Gasteiger partial charge in [0, 0.05) is 24.8 Å². The van der Waals surface area contributed by atoms with Gasteiger partial charge in [0.2, 0.25) is 5.91 Å². The van der Waals surface area contributed by atoms with E-state index in [1.807, 2.05) is 0 Å². The third-order valence-electron chi connectivity index (χ3n) is 4.43. The normalized spacial score (nSPS) is 19.1. The van der Waals surface area contributed by atoms with Gasteiger partial charge in [-0.2, -0.15) is 13.2 Å². The molecule has 0 unspecified atom stereocenters. The summed E-state index contributed by atoms with van der Waals surface area (Å²) in [5, 5.41) is 5.32. The lowest BCUT2D eigenvalue weighted by molar-refractivity contribution is -0.137. The zero-order valence-electron chi connectivity index (χ0n) is 14.5. The number of anilines is 2. The first kappa shape index (κ1) is 19.6. The quantitative estimate of drug-likeness (QED) is 0.680. The predicted octanol–water partition coefficient (Wildman–Crippen LogP) is 1.09. The molecule has 10 heteroatoms. The van der Waals surface area contributed by atoms with Crippen LogP contribution >= 0.6 is 0 Å². The van der Waals surface area contributed by atoms with Crippen LogP contribution < -0.4 is 21.3 Å². The Bertz CT molecular complexity index is 722. The Hall–Kier alpha value is -2.17. The van der Waals surface area contributed by atoms with E-state index in [1.54, 1.807) is 0 Å². The number of halogens is 3. The van der Waals surface area contributed by atoms with Crippen LogP contribution in [0, 0.1) is 0 Å². The Morgan fingerprint density at radius 1 is 1.37 bits per heavy atom. The molecule has 2 amide bonds. The lowest BCUT2D eigenvalue weighted by Gasteiger charge is -2.28. The largest absolute Gasteiger partial charge is 0.418 e. The van der Waals surface area contributed by atoms with Gasteiger partial charge in [-0.3, -0.25) is 9.59 Å². The van der Waals surface area contributed by atoms with Crippen LogP contribution in [-0.2, 0) is 20.5 Å². The second kappa shape index (κ2) is 7.83. The Labute approximate surface area is 154 Å². The first-order chi connectivity index (χ1) is 12.8. The molecule has 1 atom stereocenters. The number of nitrogens with one attached hydrogen (secondary N) is 2. The number of morpholine rings is 1. The van der Waals surface area contributed by atoms with Crippen molar-refractivity contribution in [3.63, 3.8) is 0 Å². The highest BCUT2D eigenvalue weighted by molar-refractivity contribution is 5.98. The summed E-state index contributed by atoms with van der Waals surface area (Å²) in [5.74, 6) is -1.03. The van der Waals surface area contributed by atoms with Crippen molar-refractivity contribution in [2.24, 2.45) is 5.73 Å². The smallest absolute Gasteiger partial charge is 0.370 e. The van der Waals surface area contributed by atoms with Gasteiger partial charge >= 0.3 is 6.18 Å². The SMILES string of the molecule is NC[C@H](NC1CC1)C(=O)Nc1ccc(N2CCOCC2=O)cc1C(F)(F)F. The molecule has 148 valence electrons. The Morgan fingerprint density at radius 2 is 2.11 bits per heavy atom. The average Bonchev–Trinajstić information content (AvgIpc) is 3.43. The fourth-order valence-corrected chi connectivity index (χ4v) is 2.84. The van der Waals surface area contributed by atoms with E-state index in [4.69, 9.17) is 10.5 Å². The lowest BCUT2D eigenvalue weighted by atomic mass is 10.1. The van der Waals surface area contributed by atoms with E-state index in [-0.39, 0.29) is 43.7 Å². The van der Waals surface area contributed by atoms with Crippen LogP contribution in [-0.4, -0.2) is 50.2 Å². The van der Waals surface area contributed by atoms with Crippen molar-refractivity contribution in [2.45, 2.75) is 31.1 Å². The number of amides is 2. The number of nitrogens with zero attached hydrogens (tertiary/aromatic N) is 1. The van der Waals surface area contributed by atoms with E-state index in [0.29, 0.717) is 0 Å². The molecule has 0 radical (unpaired) electrons. The maximum atomic E-state index is 13.5. The van der Waals surface area contributed by atoms with Gasteiger partial charge in [-0.05, 0) is 31.0 Å². The van der Waals surface area contributed by atoms with Crippen molar-refractivity contribution in [3.8, 4) is 0 Å². The molecule has 7 nitrogen and oxygen atoms in total. The molecule has 1 aromatic rings. The maximum absolute atomic E-state index is 13.5. The van der Waals surface area contributed by atoms with E-state index in [9.17, 15) is 22.8 Å². The number of hydrogen-bond acceptors (Lipinski definition) is 5. The average molecular weight is 386 g/mol. The molecule has 27 heavy (non-hydrogen) atoms. The van der Waals surface area contributed by atoms with Gasteiger partial charge in [0.1, 0.15) is 6.61 Å². The van der Waals surface area contributed by atoms with E-state index >= 15 is 0 Å². The number of alkyl halides is 3. The minimum atomic E-state index is -4.70. The van der Waals surface area contributed by atoms with Crippen LogP contribution in [0.1, 0.15) is 18.4 Å². The van der Waals surface area contributed by atoms with Gasteiger partial charge in [0.15, 0.2) is 0 Å². The van der Waals surface area contributed by atoms with Gasteiger partial charge in [-0.1, -0.05) is 0 Å². The molecule has 1 aromatic carbocycles. The summed E-state index contributed by atoms with van der Waals surface area (Å²) in [6, 6.07) is 2.81. The number of benzene rings is 1. The lowest BCUT2D eigenvalue weighted by Crippen LogP contribution is -2.46. The van der Waals surface area contributed by atoms with Crippen LogP contribution in [0.4, 0.5) is 24.5 Å². The second-order valence-electron chi connectivity index (χ2n) is 6.54. The van der Waals surface area contributed by atoms with Gasteiger partial charge in [-0.25, -0.2) is 0 Å². The summed E-state index contributed by atoms with van der Waals surface area (Å²) in [6.45, 7) is 0.216. The van der Waals surface area contributed by atoms with Crippen LogP contribution in [0.5, 0.6) is 0 Å². The predicted molar refractivity (Wildman–Crippen MR) is 92.2 cm³/mol. The Kier molecular flexibility index (Phi) is 5.68. The van der Waals surface area contributed by atoms with Crippen molar-refractivity contribution >= 4 is 23.2 Å². The highest BCUT2D eigenvalue weighted by Crippen LogP contribution is 2.37. The van der Waals surface area contributed by atoms with Crippen molar-refractivity contribution < 1.29 is 27.5 Å². The van der Waals surface area contributed by atoms with Gasteiger partial charge in [0.05, 0.1) is 23.9 Å². The molecule has 0 spiro atoms. The summed E-state index contributed by atoms with van der Waals surface area (Å²) in [6.07, 6.45) is -2.87. The van der Waals surface area contributed by atoms with Crippen molar-refractivity contribution in [1.82, 2.24) is 5.32 Å². The fourth-order valence-electron chi connectivity index (χ4n) is 2.84. The van der Waals surface area contributed by atoms with Crippen molar-refractivity contribution in [2.75, 3.05) is 36.5 Å². The maximum Gasteiger partial charge on any atom is 0.418 e. The minimum absolute atomic E-state index is 0.0238. The van der Waals surface area contributed by atoms with Crippen molar-refractivity contribution in [3.05, 3.63) is 23.8 Å². The zero-order chi connectivity index (χ0) is 19.6. The van der Waals surface area contributed by atoms with E-state index in [1.165, 1.54) is 11.0 Å². The monoisotopic (exact) mass is 386 g/mol. The third-order valence-corrected chi connectivity index (χ3v) is 4.43. The van der Waals surface area contributed by atoms with Gasteiger partial charge in [-0.15, -0.1) is 0 Å². The number of nitrogens with two attached hydrogens (primary N) is 1. The van der Waals surface area contributed by atoms with Crippen LogP contribution in [0.15, 0.2) is 18.2 Å². The van der Waals surface area contributed by atoms with E-state index in [0.717, 1.165) is 25.0 Å². The molecular formula is C17H21F3N4O3. The molecule has 1 heterocycles. The molecule has 3 rings (SSSR count). The summed E-state index contributed by atoms with van der Waals surface area (Å²) >= 11 is 0. The van der Waals surface area contributed by atoms with E-state index < -0.39 is 29.6 Å². The summed E-state index contributed by atoms with van der Waals surface area (Å²) in [7, 11) is 0. The van der Waals surface area contributed by atoms with Crippen LogP contribution in [0.3, 0.4) is 0 Å². The zero-order valence-corrected chi connectivity index (χ0v) is 14.5. The van der Waals surface area contributed by atoms with Gasteiger partial charge < -0.3 is 26.0 Å². The number of rotatable bonds is 6. The summed E-state index contributed by atoms with van der Waals surface area (Å²) in [5.41, 5.74) is 4.29. The molecule has 0 aromatic heterocycles. The second-order valence-corrected chi connectivity index (χ2v) is 6.54. The fraction of sp³-hybridized carbons (Fsp3) is 0.529. The number of carbonyl (C=O) groups excluding carboxylic acids is 2. The first-order valence-electron chi connectivity index (χ1n) is 8.66. The molecule has 4 N–H and O–H groups in total. The van der Waals surface area contributed by atoms with Crippen LogP contribution in [0.2, 0.25) is 0 Å². The topological polar surface area (TPSA) is 96.7 Å². The summed E-state index contributed by atoms with van der Waals surface area (Å²) in [4.78, 5) is 25.4. The first-order valence-corrected chi connectivity index (χ1v) is 8.66. The Morgan fingerprint density at radius 3 is 2.70 bits per heavy atom. The molecule has 1 saturated carbocycles. The molecule has 2 aliphatic rings. The van der Waals surface area contributed by atoms with Crippen molar-refractivity contribution in [1.29, 1.82) is 0 Å². The molecule has 2 fully saturated rings. The van der Waals surface area contributed by atoms with E-state index in [2.05, 4.69) is 10.6 Å². The number of carbonyl (C=O) groups is 2. The van der Waals surface area contributed by atoms with Crippen LogP contribution in [0.25, 0.3) is 0 Å².